The zero-order valence-corrected chi connectivity index (χ0v) is 13.9. The maximum absolute atomic E-state index is 6.06. The Morgan fingerprint density at radius 1 is 1.43 bits per heavy atom. The highest BCUT2D eigenvalue weighted by atomic mass is 32.2. The number of thioether (sulfide) groups is 1. The van der Waals surface area contributed by atoms with Crippen LogP contribution in [0.2, 0.25) is 0 Å². The van der Waals surface area contributed by atoms with E-state index in [-0.39, 0.29) is 10.8 Å². The van der Waals surface area contributed by atoms with Crippen LogP contribution in [0.3, 0.4) is 0 Å². The monoisotopic (exact) mass is 304 g/mol. The maximum Gasteiger partial charge on any atom is 0.151 e. The number of aromatic nitrogens is 2. The number of pyridine rings is 1. The fraction of sp³-hybridized carbons (Fsp3) is 0.562. The molecule has 1 atom stereocenters. The third-order valence-corrected chi connectivity index (χ3v) is 5.15. The summed E-state index contributed by atoms with van der Waals surface area (Å²) in [5.74, 6) is 2.27. The predicted octanol–water partition coefficient (Wildman–Crippen LogP) is 2.56. The maximum atomic E-state index is 6.06. The molecule has 0 spiro atoms. The Bertz CT molecular complexity index is 632. The molecule has 1 aliphatic rings. The standard InChI is InChI=1S/C16H24N4S/c1-12(17)10-13-15(18-14-6-4-5-7-20(13)14)19-8-9-21-16(2,3)11-19/h4-7,12H,8-11,17H2,1-3H3. The molecule has 2 N–H and O–H groups in total. The van der Waals surface area contributed by atoms with Gasteiger partial charge >= 0.3 is 0 Å². The van der Waals surface area contributed by atoms with Crippen LogP contribution >= 0.6 is 11.8 Å². The fourth-order valence-corrected chi connectivity index (χ4v) is 4.09. The van der Waals surface area contributed by atoms with Gasteiger partial charge in [0.15, 0.2) is 5.82 Å². The molecule has 21 heavy (non-hydrogen) atoms. The van der Waals surface area contributed by atoms with E-state index in [0.29, 0.717) is 0 Å². The summed E-state index contributed by atoms with van der Waals surface area (Å²) in [6.07, 6.45) is 2.94. The average Bonchev–Trinajstić information content (AvgIpc) is 2.76. The molecule has 0 saturated carbocycles. The number of rotatable bonds is 3. The van der Waals surface area contributed by atoms with E-state index in [2.05, 4.69) is 48.4 Å². The molecule has 0 bridgehead atoms. The van der Waals surface area contributed by atoms with Crippen LogP contribution < -0.4 is 10.6 Å². The number of fused-ring (bicyclic) bond motifs is 1. The fourth-order valence-electron chi connectivity index (χ4n) is 2.98. The molecule has 4 nitrogen and oxygen atoms in total. The number of hydrogen-bond donors (Lipinski definition) is 1. The van der Waals surface area contributed by atoms with Crippen LogP contribution in [0.1, 0.15) is 26.5 Å². The van der Waals surface area contributed by atoms with Crippen molar-refractivity contribution < 1.29 is 0 Å². The molecule has 2 aromatic heterocycles. The summed E-state index contributed by atoms with van der Waals surface area (Å²) >= 11 is 2.04. The summed E-state index contributed by atoms with van der Waals surface area (Å²) < 4.78 is 2.47. The first-order valence-electron chi connectivity index (χ1n) is 7.57. The first-order valence-corrected chi connectivity index (χ1v) is 8.55. The van der Waals surface area contributed by atoms with Crippen LogP contribution in [-0.2, 0) is 6.42 Å². The molecular weight excluding hydrogens is 280 g/mol. The van der Waals surface area contributed by atoms with Gasteiger partial charge in [-0.1, -0.05) is 6.07 Å². The zero-order chi connectivity index (χ0) is 15.0. The van der Waals surface area contributed by atoms with Gasteiger partial charge in [-0.25, -0.2) is 4.98 Å². The Morgan fingerprint density at radius 2 is 2.24 bits per heavy atom. The third-order valence-electron chi connectivity index (χ3n) is 3.85. The number of nitrogens with two attached hydrogens (primary N) is 1. The number of imidazole rings is 1. The van der Waals surface area contributed by atoms with Crippen LogP contribution in [0, 0.1) is 0 Å². The average molecular weight is 304 g/mol. The topological polar surface area (TPSA) is 46.6 Å². The minimum atomic E-state index is 0.135. The number of hydrogen-bond acceptors (Lipinski definition) is 4. The summed E-state index contributed by atoms with van der Waals surface area (Å²) in [4.78, 5) is 7.31. The van der Waals surface area contributed by atoms with Gasteiger partial charge in [-0.3, -0.25) is 0 Å². The van der Waals surface area contributed by atoms with Crippen LogP contribution in [-0.4, -0.2) is 39.0 Å². The second kappa shape index (κ2) is 5.54. The molecular formula is C16H24N4S. The van der Waals surface area contributed by atoms with Crippen molar-refractivity contribution in [3.8, 4) is 0 Å². The molecule has 0 aliphatic carbocycles. The molecule has 1 fully saturated rings. The summed E-state index contributed by atoms with van der Waals surface area (Å²) in [5.41, 5.74) is 8.31. The van der Waals surface area contributed by atoms with Crippen LogP contribution in [0.15, 0.2) is 24.4 Å². The second-order valence-corrected chi connectivity index (χ2v) is 8.32. The molecule has 1 aliphatic heterocycles. The quantitative estimate of drug-likeness (QED) is 0.946. The molecule has 1 saturated heterocycles. The minimum absolute atomic E-state index is 0.135. The Labute approximate surface area is 130 Å². The van der Waals surface area contributed by atoms with E-state index in [1.165, 1.54) is 5.69 Å². The van der Waals surface area contributed by atoms with Crippen molar-refractivity contribution in [3.63, 3.8) is 0 Å². The molecule has 3 rings (SSSR count). The highest BCUT2D eigenvalue weighted by Crippen LogP contribution is 2.33. The lowest BCUT2D eigenvalue weighted by molar-refractivity contribution is 0.636. The SMILES string of the molecule is CC(N)Cc1c(N2CCSC(C)(C)C2)nc2ccccn12. The first kappa shape index (κ1) is 14.7. The van der Waals surface area contributed by atoms with Gasteiger partial charge in [-0.15, -0.1) is 0 Å². The molecule has 0 radical (unpaired) electrons. The second-order valence-electron chi connectivity index (χ2n) is 6.52. The zero-order valence-electron chi connectivity index (χ0n) is 13.0. The summed E-state index contributed by atoms with van der Waals surface area (Å²) in [5, 5.41) is 0. The van der Waals surface area contributed by atoms with Gasteiger partial charge in [0.1, 0.15) is 5.65 Å². The lowest BCUT2D eigenvalue weighted by atomic mass is 10.1. The molecule has 0 amide bonds. The van der Waals surface area contributed by atoms with Gasteiger partial charge in [-0.05, 0) is 32.9 Å². The van der Waals surface area contributed by atoms with Gasteiger partial charge in [0, 0.05) is 42.2 Å². The summed E-state index contributed by atoms with van der Waals surface area (Å²) in [6.45, 7) is 8.77. The molecule has 5 heteroatoms. The minimum Gasteiger partial charge on any atom is -0.353 e. The largest absolute Gasteiger partial charge is 0.353 e. The van der Waals surface area contributed by atoms with E-state index in [0.717, 1.165) is 36.7 Å². The Hall–Kier alpha value is -1.20. The number of nitrogens with zero attached hydrogens (tertiary/aromatic N) is 3. The van der Waals surface area contributed by atoms with Crippen molar-refractivity contribution in [2.45, 2.75) is 38.0 Å². The summed E-state index contributed by atoms with van der Waals surface area (Å²) in [6, 6.07) is 6.30. The van der Waals surface area contributed by atoms with Crippen molar-refractivity contribution in [1.82, 2.24) is 9.38 Å². The Balaban J connectivity index is 2.04. The van der Waals surface area contributed by atoms with Crippen molar-refractivity contribution in [2.24, 2.45) is 5.73 Å². The highest BCUT2D eigenvalue weighted by Gasteiger charge is 2.30. The smallest absolute Gasteiger partial charge is 0.151 e. The molecule has 2 aromatic rings. The van der Waals surface area contributed by atoms with E-state index in [1.54, 1.807) is 0 Å². The van der Waals surface area contributed by atoms with Crippen molar-refractivity contribution in [1.29, 1.82) is 0 Å². The van der Waals surface area contributed by atoms with E-state index in [4.69, 9.17) is 10.7 Å². The van der Waals surface area contributed by atoms with Crippen LogP contribution in [0.25, 0.3) is 5.65 Å². The first-order chi connectivity index (χ1) is 9.96. The van der Waals surface area contributed by atoms with Crippen molar-refractivity contribution in [2.75, 3.05) is 23.7 Å². The lowest BCUT2D eigenvalue weighted by Crippen LogP contribution is -2.43. The molecule has 1 unspecified atom stereocenters. The van der Waals surface area contributed by atoms with E-state index in [9.17, 15) is 0 Å². The van der Waals surface area contributed by atoms with E-state index >= 15 is 0 Å². The highest BCUT2D eigenvalue weighted by molar-refractivity contribution is 8.00. The van der Waals surface area contributed by atoms with Crippen molar-refractivity contribution in [3.05, 3.63) is 30.1 Å². The van der Waals surface area contributed by atoms with Gasteiger partial charge in [0.2, 0.25) is 0 Å². The van der Waals surface area contributed by atoms with E-state index in [1.807, 2.05) is 17.8 Å². The van der Waals surface area contributed by atoms with Gasteiger partial charge < -0.3 is 15.0 Å². The van der Waals surface area contributed by atoms with Crippen LogP contribution in [0.5, 0.6) is 0 Å². The molecule has 3 heterocycles. The Kier molecular flexibility index (Phi) is 3.88. The van der Waals surface area contributed by atoms with Crippen LogP contribution in [0.4, 0.5) is 5.82 Å². The predicted molar refractivity (Wildman–Crippen MR) is 91.3 cm³/mol. The Morgan fingerprint density at radius 3 is 2.95 bits per heavy atom. The van der Waals surface area contributed by atoms with Gasteiger partial charge in [-0.2, -0.15) is 11.8 Å². The normalized spacial score (nSPS) is 19.9. The number of anilines is 1. The van der Waals surface area contributed by atoms with Gasteiger partial charge in [0.25, 0.3) is 0 Å². The van der Waals surface area contributed by atoms with Crippen molar-refractivity contribution >= 4 is 23.2 Å². The van der Waals surface area contributed by atoms with Gasteiger partial charge in [0.05, 0.1) is 5.69 Å². The third kappa shape index (κ3) is 3.04. The molecule has 0 aromatic carbocycles. The van der Waals surface area contributed by atoms with E-state index < -0.39 is 0 Å². The lowest BCUT2D eigenvalue weighted by Gasteiger charge is -2.38. The summed E-state index contributed by atoms with van der Waals surface area (Å²) in [7, 11) is 0. The molecule has 114 valence electrons.